The molecule has 1 unspecified atom stereocenters. The second-order valence-corrected chi connectivity index (χ2v) is 9.68. The van der Waals surface area contributed by atoms with Crippen LogP contribution in [0.4, 0.5) is 17.5 Å². The summed E-state index contributed by atoms with van der Waals surface area (Å²) in [6.45, 7) is 10.2. The molecule has 7 nitrogen and oxygen atoms in total. The van der Waals surface area contributed by atoms with E-state index in [1.165, 1.54) is 45.3 Å². The largest absolute Gasteiger partial charge is 0.355 e. The number of piperidine rings is 1. The SMILES string of the molecule is CCCCN1CCC(NC2CCN(c3cc(CCC)nc(Nc4cccc(C#N)c4)n3)C2)CC1. The average Bonchev–Trinajstić information content (AvgIpc) is 3.32. The van der Waals surface area contributed by atoms with Crippen molar-refractivity contribution in [3.05, 3.63) is 41.6 Å². The molecule has 2 saturated heterocycles. The zero-order chi connectivity index (χ0) is 23.8. The third kappa shape index (κ3) is 6.68. The first-order valence-electron chi connectivity index (χ1n) is 13.0. The van der Waals surface area contributed by atoms with Gasteiger partial charge in [-0.25, -0.2) is 4.98 Å². The fourth-order valence-electron chi connectivity index (χ4n) is 5.02. The van der Waals surface area contributed by atoms with E-state index in [0.717, 1.165) is 49.6 Å². The number of unbranched alkanes of at least 4 members (excludes halogenated alkanes) is 1. The maximum Gasteiger partial charge on any atom is 0.229 e. The van der Waals surface area contributed by atoms with Gasteiger partial charge in [-0.15, -0.1) is 0 Å². The zero-order valence-electron chi connectivity index (χ0n) is 20.8. The van der Waals surface area contributed by atoms with Crippen molar-refractivity contribution in [3.8, 4) is 6.07 Å². The first-order chi connectivity index (χ1) is 16.7. The number of aromatic nitrogens is 2. The molecule has 2 N–H and O–H groups in total. The molecule has 7 heteroatoms. The molecule has 0 saturated carbocycles. The van der Waals surface area contributed by atoms with E-state index in [1.54, 1.807) is 6.07 Å². The lowest BCUT2D eigenvalue weighted by Gasteiger charge is -2.34. The smallest absolute Gasteiger partial charge is 0.229 e. The molecule has 0 radical (unpaired) electrons. The van der Waals surface area contributed by atoms with Gasteiger partial charge in [0.2, 0.25) is 5.95 Å². The minimum atomic E-state index is 0.514. The lowest BCUT2D eigenvalue weighted by molar-refractivity contribution is 0.190. The Morgan fingerprint density at radius 1 is 1.03 bits per heavy atom. The van der Waals surface area contributed by atoms with Gasteiger partial charge in [0.05, 0.1) is 11.6 Å². The molecule has 0 aliphatic carbocycles. The van der Waals surface area contributed by atoms with Gasteiger partial charge in [-0.1, -0.05) is 32.8 Å². The molecule has 3 heterocycles. The van der Waals surface area contributed by atoms with Crippen LogP contribution in [0.15, 0.2) is 30.3 Å². The highest BCUT2D eigenvalue weighted by Crippen LogP contribution is 2.24. The lowest BCUT2D eigenvalue weighted by Crippen LogP contribution is -2.47. The predicted octanol–water partition coefficient (Wildman–Crippen LogP) is 4.48. The molecule has 182 valence electrons. The van der Waals surface area contributed by atoms with Crippen LogP contribution in [-0.4, -0.2) is 59.7 Å². The van der Waals surface area contributed by atoms with E-state index in [1.807, 2.05) is 18.2 Å². The first kappa shape index (κ1) is 24.4. The summed E-state index contributed by atoms with van der Waals surface area (Å²) in [5.74, 6) is 1.60. The summed E-state index contributed by atoms with van der Waals surface area (Å²) >= 11 is 0. The van der Waals surface area contributed by atoms with Crippen LogP contribution in [-0.2, 0) is 6.42 Å². The van der Waals surface area contributed by atoms with Gasteiger partial charge >= 0.3 is 0 Å². The minimum Gasteiger partial charge on any atom is -0.355 e. The van der Waals surface area contributed by atoms with Gasteiger partial charge in [0.15, 0.2) is 0 Å². The van der Waals surface area contributed by atoms with Gasteiger partial charge in [0, 0.05) is 42.6 Å². The van der Waals surface area contributed by atoms with Crippen LogP contribution in [0.5, 0.6) is 0 Å². The highest BCUT2D eigenvalue weighted by molar-refractivity contribution is 5.58. The molecule has 1 atom stereocenters. The Labute approximate surface area is 204 Å². The van der Waals surface area contributed by atoms with Crippen LogP contribution in [0, 0.1) is 11.3 Å². The van der Waals surface area contributed by atoms with E-state index in [0.29, 0.717) is 23.6 Å². The van der Waals surface area contributed by atoms with Crippen LogP contribution >= 0.6 is 0 Å². The number of hydrogen-bond acceptors (Lipinski definition) is 7. The Morgan fingerprint density at radius 2 is 1.85 bits per heavy atom. The van der Waals surface area contributed by atoms with Gasteiger partial charge in [0.1, 0.15) is 5.82 Å². The summed E-state index contributed by atoms with van der Waals surface area (Å²) < 4.78 is 0. The van der Waals surface area contributed by atoms with E-state index in [9.17, 15) is 5.26 Å². The molecule has 2 fully saturated rings. The molecule has 1 aromatic carbocycles. The quantitative estimate of drug-likeness (QED) is 0.540. The van der Waals surface area contributed by atoms with Crippen LogP contribution in [0.2, 0.25) is 0 Å². The Hall–Kier alpha value is -2.69. The van der Waals surface area contributed by atoms with E-state index in [2.05, 4.69) is 46.4 Å². The van der Waals surface area contributed by atoms with Crippen LogP contribution < -0.4 is 15.5 Å². The summed E-state index contributed by atoms with van der Waals surface area (Å²) in [6.07, 6.45) is 8.22. The maximum absolute atomic E-state index is 9.20. The van der Waals surface area contributed by atoms with Crippen molar-refractivity contribution in [2.24, 2.45) is 0 Å². The molecular weight excluding hydrogens is 422 g/mol. The first-order valence-corrected chi connectivity index (χ1v) is 13.0. The van der Waals surface area contributed by atoms with Crippen LogP contribution in [0.1, 0.15) is 63.6 Å². The molecule has 0 amide bonds. The number of nitriles is 1. The van der Waals surface area contributed by atoms with Gasteiger partial charge in [-0.3, -0.25) is 0 Å². The van der Waals surface area contributed by atoms with E-state index >= 15 is 0 Å². The van der Waals surface area contributed by atoms with Gasteiger partial charge < -0.3 is 20.4 Å². The molecule has 1 aromatic heterocycles. The number of nitrogens with zero attached hydrogens (tertiary/aromatic N) is 5. The van der Waals surface area contributed by atoms with E-state index in [4.69, 9.17) is 9.97 Å². The molecule has 0 bridgehead atoms. The summed E-state index contributed by atoms with van der Waals surface area (Å²) in [4.78, 5) is 14.6. The fourth-order valence-corrected chi connectivity index (χ4v) is 5.02. The van der Waals surface area contributed by atoms with Gasteiger partial charge in [-0.2, -0.15) is 10.2 Å². The number of likely N-dealkylation sites (tertiary alicyclic amines) is 1. The number of aryl methyl sites for hydroxylation is 1. The summed E-state index contributed by atoms with van der Waals surface area (Å²) in [6, 6.07) is 12.9. The van der Waals surface area contributed by atoms with Crippen LogP contribution in [0.25, 0.3) is 0 Å². The number of hydrogen-bond donors (Lipinski definition) is 2. The van der Waals surface area contributed by atoms with E-state index < -0.39 is 0 Å². The van der Waals surface area contributed by atoms with Crippen molar-refractivity contribution in [3.63, 3.8) is 0 Å². The summed E-state index contributed by atoms with van der Waals surface area (Å²) in [5, 5.41) is 16.5. The standard InChI is InChI=1S/C27H39N7/c1-3-5-13-33-14-10-22(11-15-33)29-25-12-16-34(20-25)26-18-23(7-4-2)30-27(32-26)31-24-9-6-8-21(17-24)19-28/h6,8-9,17-18,22,25,29H,3-5,7,10-16,20H2,1-2H3,(H,30,31,32). The van der Waals surface area contributed by atoms with Crippen molar-refractivity contribution in [1.82, 2.24) is 20.2 Å². The second-order valence-electron chi connectivity index (χ2n) is 9.68. The zero-order valence-corrected chi connectivity index (χ0v) is 20.8. The number of anilines is 3. The van der Waals surface area contributed by atoms with Crippen molar-refractivity contribution < 1.29 is 0 Å². The van der Waals surface area contributed by atoms with Gasteiger partial charge in [0.25, 0.3) is 0 Å². The highest BCUT2D eigenvalue weighted by atomic mass is 15.3. The van der Waals surface area contributed by atoms with Crippen molar-refractivity contribution in [2.45, 2.75) is 70.9 Å². The predicted molar refractivity (Wildman–Crippen MR) is 139 cm³/mol. The molecule has 2 aliphatic rings. The molecule has 2 aliphatic heterocycles. The topological polar surface area (TPSA) is 80.1 Å². The van der Waals surface area contributed by atoms with Crippen molar-refractivity contribution >= 4 is 17.5 Å². The Kier molecular flexibility index (Phi) is 8.73. The third-order valence-electron chi connectivity index (χ3n) is 6.92. The minimum absolute atomic E-state index is 0.514. The molecule has 4 rings (SSSR count). The highest BCUT2D eigenvalue weighted by Gasteiger charge is 2.28. The number of rotatable bonds is 10. The normalized spacial score (nSPS) is 19.3. The maximum atomic E-state index is 9.20. The molecular formula is C27H39N7. The second kappa shape index (κ2) is 12.1. The summed E-state index contributed by atoms with van der Waals surface area (Å²) in [5.41, 5.74) is 2.52. The van der Waals surface area contributed by atoms with Crippen LogP contribution in [0.3, 0.4) is 0 Å². The molecule has 0 spiro atoms. The number of nitrogens with one attached hydrogen (secondary N) is 2. The van der Waals surface area contributed by atoms with Crippen molar-refractivity contribution in [2.75, 3.05) is 42.9 Å². The van der Waals surface area contributed by atoms with E-state index in [-0.39, 0.29) is 0 Å². The lowest BCUT2D eigenvalue weighted by atomic mass is 10.0. The molecule has 34 heavy (non-hydrogen) atoms. The number of benzene rings is 1. The van der Waals surface area contributed by atoms with Crippen molar-refractivity contribution in [1.29, 1.82) is 5.26 Å². The Bertz CT molecular complexity index is 962. The Morgan fingerprint density at radius 3 is 2.62 bits per heavy atom. The third-order valence-corrected chi connectivity index (χ3v) is 6.92. The molecule has 2 aromatic rings. The van der Waals surface area contributed by atoms with Gasteiger partial charge in [-0.05, 0) is 69.9 Å². The average molecular weight is 462 g/mol. The summed E-state index contributed by atoms with van der Waals surface area (Å²) in [7, 11) is 0. The Balaban J connectivity index is 1.37. The fraction of sp³-hybridized carbons (Fsp3) is 0.593. The monoisotopic (exact) mass is 461 g/mol.